The molecule has 0 spiro atoms. The molecule has 162 valence electrons. The quantitative estimate of drug-likeness (QED) is 0.560. The van der Waals surface area contributed by atoms with Gasteiger partial charge in [0.15, 0.2) is 23.1 Å². The van der Waals surface area contributed by atoms with E-state index in [0.29, 0.717) is 47.1 Å². The molecule has 0 bridgehead atoms. The number of hydrogen-bond acceptors (Lipinski definition) is 6. The van der Waals surface area contributed by atoms with Crippen molar-refractivity contribution in [3.8, 4) is 11.5 Å². The Hall–Kier alpha value is -3.62. The van der Waals surface area contributed by atoms with E-state index in [0.717, 1.165) is 4.90 Å². The average molecular weight is 425 g/mol. The molecule has 1 aromatic carbocycles. The van der Waals surface area contributed by atoms with Crippen LogP contribution >= 0.6 is 0 Å². The number of rotatable bonds is 5. The van der Waals surface area contributed by atoms with Crippen LogP contribution in [0.1, 0.15) is 51.5 Å². The number of aryl methyl sites for hydroxylation is 1. The Balaban J connectivity index is 1.60. The minimum absolute atomic E-state index is 0.161. The Morgan fingerprint density at radius 3 is 2.45 bits per heavy atom. The highest BCUT2D eigenvalue weighted by atomic mass is 16.6. The number of nitrogens with zero attached hydrogens (tertiary/aromatic N) is 1. The van der Waals surface area contributed by atoms with Gasteiger partial charge < -0.3 is 19.8 Å². The SMILES string of the molecule is CC(=O)c1c(C)[nH]c(C(=O)CN2C(=O)N[C@@](C)(c3ccc4c(c3)OCCO4)C2=O)c1C. The predicted molar refractivity (Wildman–Crippen MR) is 110 cm³/mol. The molecule has 9 heteroatoms. The zero-order valence-electron chi connectivity index (χ0n) is 17.8. The van der Waals surface area contributed by atoms with E-state index in [1.807, 2.05) is 0 Å². The number of carbonyl (C=O) groups excluding carboxylic acids is 4. The van der Waals surface area contributed by atoms with Crippen molar-refractivity contribution in [2.24, 2.45) is 0 Å². The van der Waals surface area contributed by atoms with Crippen LogP contribution in [0, 0.1) is 13.8 Å². The largest absolute Gasteiger partial charge is 0.486 e. The highest BCUT2D eigenvalue weighted by Crippen LogP contribution is 2.37. The van der Waals surface area contributed by atoms with E-state index in [9.17, 15) is 19.2 Å². The maximum atomic E-state index is 13.2. The molecule has 31 heavy (non-hydrogen) atoms. The highest BCUT2D eigenvalue weighted by Gasteiger charge is 2.50. The molecule has 2 aromatic rings. The van der Waals surface area contributed by atoms with E-state index >= 15 is 0 Å². The van der Waals surface area contributed by atoms with Crippen LogP contribution < -0.4 is 14.8 Å². The van der Waals surface area contributed by atoms with E-state index in [-0.39, 0.29) is 11.5 Å². The van der Waals surface area contributed by atoms with Crippen molar-refractivity contribution in [3.63, 3.8) is 0 Å². The van der Waals surface area contributed by atoms with Crippen LogP contribution in [-0.4, -0.2) is 53.1 Å². The first-order valence-corrected chi connectivity index (χ1v) is 9.91. The predicted octanol–water partition coefficient (Wildman–Crippen LogP) is 2.26. The Kier molecular flexibility index (Phi) is 4.83. The number of nitrogens with one attached hydrogen (secondary N) is 2. The molecule has 1 saturated heterocycles. The molecule has 2 aliphatic rings. The molecule has 1 fully saturated rings. The third-order valence-corrected chi connectivity index (χ3v) is 5.76. The van der Waals surface area contributed by atoms with Crippen molar-refractivity contribution in [2.45, 2.75) is 33.2 Å². The zero-order valence-corrected chi connectivity index (χ0v) is 17.8. The molecule has 0 saturated carbocycles. The van der Waals surface area contributed by atoms with E-state index in [1.165, 1.54) is 6.92 Å². The van der Waals surface area contributed by atoms with Gasteiger partial charge in [0.25, 0.3) is 5.91 Å². The van der Waals surface area contributed by atoms with Crippen LogP contribution in [-0.2, 0) is 10.3 Å². The molecule has 3 amide bonds. The Morgan fingerprint density at radius 1 is 1.13 bits per heavy atom. The highest BCUT2D eigenvalue weighted by molar-refractivity contribution is 6.12. The summed E-state index contributed by atoms with van der Waals surface area (Å²) in [5, 5.41) is 2.68. The lowest BCUT2D eigenvalue weighted by Crippen LogP contribution is -2.41. The van der Waals surface area contributed by atoms with Crippen LogP contribution in [0.25, 0.3) is 0 Å². The van der Waals surface area contributed by atoms with E-state index in [2.05, 4.69) is 10.3 Å². The van der Waals surface area contributed by atoms with Crippen LogP contribution in [0.2, 0.25) is 0 Å². The number of ketones is 2. The maximum Gasteiger partial charge on any atom is 0.325 e. The monoisotopic (exact) mass is 425 g/mol. The summed E-state index contributed by atoms with van der Waals surface area (Å²) in [6, 6.07) is 4.38. The summed E-state index contributed by atoms with van der Waals surface area (Å²) in [6.45, 7) is 6.77. The zero-order chi connectivity index (χ0) is 22.5. The first-order chi connectivity index (χ1) is 14.6. The summed E-state index contributed by atoms with van der Waals surface area (Å²) < 4.78 is 11.1. The van der Waals surface area contributed by atoms with Gasteiger partial charge >= 0.3 is 6.03 Å². The Morgan fingerprint density at radius 2 is 1.81 bits per heavy atom. The fraction of sp³-hybridized carbons (Fsp3) is 0.364. The van der Waals surface area contributed by atoms with Crippen molar-refractivity contribution in [1.82, 2.24) is 15.2 Å². The first kappa shape index (κ1) is 20.6. The molecule has 9 nitrogen and oxygen atoms in total. The standard InChI is InChI=1S/C22H23N3O6/c1-11-18(13(3)26)12(2)23-19(11)15(27)10-25-20(28)22(4,24-21(25)29)14-5-6-16-17(9-14)31-8-7-30-16/h5-6,9,23H,7-8,10H2,1-4H3,(H,24,29)/t22-/m0/s1. The summed E-state index contributed by atoms with van der Waals surface area (Å²) in [5.41, 5.74) is 0.926. The van der Waals surface area contributed by atoms with Crippen LogP contribution in [0.5, 0.6) is 11.5 Å². The number of fused-ring (bicyclic) bond motifs is 1. The van der Waals surface area contributed by atoms with E-state index in [4.69, 9.17) is 9.47 Å². The van der Waals surface area contributed by atoms with Crippen molar-refractivity contribution >= 4 is 23.5 Å². The third kappa shape index (κ3) is 3.26. The minimum Gasteiger partial charge on any atom is -0.486 e. The van der Waals surface area contributed by atoms with Gasteiger partial charge in [-0.2, -0.15) is 0 Å². The summed E-state index contributed by atoms with van der Waals surface area (Å²) in [5.74, 6) is -0.0955. The number of H-pyrrole nitrogens is 1. The molecular formula is C22H23N3O6. The molecule has 1 atom stereocenters. The number of hydrogen-bond donors (Lipinski definition) is 2. The molecule has 3 heterocycles. The number of aromatic amines is 1. The van der Waals surface area contributed by atoms with E-state index in [1.54, 1.807) is 39.0 Å². The lowest BCUT2D eigenvalue weighted by molar-refractivity contribution is -0.130. The van der Waals surface area contributed by atoms with Gasteiger partial charge in [-0.25, -0.2) is 4.79 Å². The number of benzene rings is 1. The second-order valence-corrected chi connectivity index (χ2v) is 7.91. The number of Topliss-reactive ketones (excluding diaryl/α,β-unsaturated/α-hetero) is 2. The molecule has 2 N–H and O–H groups in total. The smallest absolute Gasteiger partial charge is 0.325 e. The second kappa shape index (κ2) is 7.26. The summed E-state index contributed by atoms with van der Waals surface area (Å²) >= 11 is 0. The fourth-order valence-corrected chi connectivity index (χ4v) is 4.17. The summed E-state index contributed by atoms with van der Waals surface area (Å²) in [6.07, 6.45) is 0. The Labute approximate surface area is 178 Å². The minimum atomic E-state index is -1.35. The lowest BCUT2D eigenvalue weighted by Gasteiger charge is -2.25. The number of ether oxygens (including phenoxy) is 2. The number of aromatic nitrogens is 1. The van der Waals surface area contributed by atoms with Crippen molar-refractivity contribution in [3.05, 3.63) is 46.3 Å². The average Bonchev–Trinajstić information content (AvgIpc) is 3.15. The molecule has 0 aliphatic carbocycles. The molecule has 4 rings (SSSR count). The van der Waals surface area contributed by atoms with Crippen molar-refractivity contribution in [1.29, 1.82) is 0 Å². The number of urea groups is 1. The van der Waals surface area contributed by atoms with Gasteiger partial charge in [-0.15, -0.1) is 0 Å². The molecule has 0 unspecified atom stereocenters. The van der Waals surface area contributed by atoms with Gasteiger partial charge in [-0.05, 0) is 51.0 Å². The Bertz CT molecular complexity index is 1130. The normalized spacial score (nSPS) is 20.1. The van der Waals surface area contributed by atoms with Gasteiger partial charge in [0.05, 0.1) is 12.2 Å². The van der Waals surface area contributed by atoms with Crippen molar-refractivity contribution in [2.75, 3.05) is 19.8 Å². The van der Waals surface area contributed by atoms with Gasteiger partial charge in [-0.1, -0.05) is 6.07 Å². The van der Waals surface area contributed by atoms with Gasteiger partial charge in [-0.3, -0.25) is 19.3 Å². The van der Waals surface area contributed by atoms with Gasteiger partial charge in [0.2, 0.25) is 0 Å². The molecule has 0 radical (unpaired) electrons. The molecular weight excluding hydrogens is 402 g/mol. The fourth-order valence-electron chi connectivity index (χ4n) is 4.17. The first-order valence-electron chi connectivity index (χ1n) is 9.91. The third-order valence-electron chi connectivity index (χ3n) is 5.76. The summed E-state index contributed by atoms with van der Waals surface area (Å²) in [4.78, 5) is 54.3. The lowest BCUT2D eigenvalue weighted by atomic mass is 9.91. The topological polar surface area (TPSA) is 118 Å². The number of amides is 3. The molecule has 2 aliphatic heterocycles. The van der Waals surface area contributed by atoms with Crippen LogP contribution in [0.4, 0.5) is 4.79 Å². The number of imide groups is 1. The van der Waals surface area contributed by atoms with Gasteiger partial charge in [0.1, 0.15) is 18.8 Å². The van der Waals surface area contributed by atoms with E-state index < -0.39 is 29.8 Å². The van der Waals surface area contributed by atoms with Gasteiger partial charge in [0, 0.05) is 11.3 Å². The summed E-state index contributed by atoms with van der Waals surface area (Å²) in [7, 11) is 0. The molecule has 1 aromatic heterocycles. The van der Waals surface area contributed by atoms with Crippen molar-refractivity contribution < 1.29 is 28.7 Å². The number of carbonyl (C=O) groups is 4. The second-order valence-electron chi connectivity index (χ2n) is 7.91. The van der Waals surface area contributed by atoms with Crippen LogP contribution in [0.3, 0.4) is 0 Å². The van der Waals surface area contributed by atoms with Crippen LogP contribution in [0.15, 0.2) is 18.2 Å². The maximum absolute atomic E-state index is 13.2.